The number of benzene rings is 1. The van der Waals surface area contributed by atoms with Crippen molar-refractivity contribution in [3.63, 3.8) is 0 Å². The van der Waals surface area contributed by atoms with Gasteiger partial charge in [-0.1, -0.05) is 18.1 Å². The molecule has 12 nitrogen and oxygen atoms in total. The molecule has 1 N–H and O–H groups in total. The fourth-order valence-corrected chi connectivity index (χ4v) is 4.16. The Morgan fingerprint density at radius 2 is 1.62 bits per heavy atom. The van der Waals surface area contributed by atoms with Crippen molar-refractivity contribution in [1.82, 2.24) is 15.1 Å². The molecule has 0 spiro atoms. The van der Waals surface area contributed by atoms with Crippen LogP contribution in [0.3, 0.4) is 0 Å². The number of ether oxygens (including phenoxy) is 4. The van der Waals surface area contributed by atoms with E-state index in [0.29, 0.717) is 11.3 Å². The summed E-state index contributed by atoms with van der Waals surface area (Å²) in [6.45, 7) is 9.95. The molecule has 0 aliphatic carbocycles. The van der Waals surface area contributed by atoms with Crippen LogP contribution >= 0.6 is 0 Å². The van der Waals surface area contributed by atoms with Gasteiger partial charge in [-0.05, 0) is 59.2 Å². The van der Waals surface area contributed by atoms with Gasteiger partial charge in [0.2, 0.25) is 11.8 Å². The Morgan fingerprint density at radius 3 is 2.17 bits per heavy atom. The maximum Gasteiger partial charge on any atom is 0.408 e. The highest BCUT2D eigenvalue weighted by molar-refractivity contribution is 5.95. The van der Waals surface area contributed by atoms with Crippen molar-refractivity contribution in [2.45, 2.75) is 77.7 Å². The summed E-state index contributed by atoms with van der Waals surface area (Å²) in [4.78, 5) is 67.4. The minimum atomic E-state index is -1.26. The predicted molar refractivity (Wildman–Crippen MR) is 152 cm³/mol. The van der Waals surface area contributed by atoms with Crippen molar-refractivity contribution < 1.29 is 42.9 Å². The van der Waals surface area contributed by atoms with E-state index in [0.717, 1.165) is 0 Å². The first-order chi connectivity index (χ1) is 19.5. The lowest BCUT2D eigenvalue weighted by molar-refractivity contribution is -0.164. The summed E-state index contributed by atoms with van der Waals surface area (Å²) in [7, 11) is 1.17. The van der Waals surface area contributed by atoms with Crippen LogP contribution in [0.1, 0.15) is 53.5 Å². The second-order valence-electron chi connectivity index (χ2n) is 11.7. The zero-order chi connectivity index (χ0) is 31.7. The lowest BCUT2D eigenvalue weighted by atomic mass is 10.0. The van der Waals surface area contributed by atoms with Gasteiger partial charge in [0.1, 0.15) is 42.2 Å². The molecule has 12 heteroatoms. The number of nitrogens with zero attached hydrogens (tertiary/aromatic N) is 2. The van der Waals surface area contributed by atoms with Crippen molar-refractivity contribution in [2.75, 3.05) is 33.4 Å². The Morgan fingerprint density at radius 1 is 1.00 bits per heavy atom. The van der Waals surface area contributed by atoms with E-state index in [4.69, 9.17) is 25.4 Å². The quantitative estimate of drug-likeness (QED) is 0.247. The molecule has 2 rings (SSSR count). The van der Waals surface area contributed by atoms with Crippen LogP contribution in [0.2, 0.25) is 0 Å². The summed E-state index contributed by atoms with van der Waals surface area (Å²) >= 11 is 0. The molecule has 0 radical (unpaired) electrons. The number of hydrogen-bond acceptors (Lipinski definition) is 9. The first kappa shape index (κ1) is 33.9. The number of terminal acetylenes is 1. The Balaban J connectivity index is 2.34. The zero-order valence-electron chi connectivity index (χ0n) is 25.4. The van der Waals surface area contributed by atoms with Crippen molar-refractivity contribution in [3.05, 3.63) is 29.8 Å². The number of amides is 3. The van der Waals surface area contributed by atoms with Gasteiger partial charge in [-0.2, -0.15) is 0 Å². The highest BCUT2D eigenvalue weighted by Crippen LogP contribution is 2.20. The molecule has 0 bridgehead atoms. The van der Waals surface area contributed by atoms with Crippen molar-refractivity contribution in [1.29, 1.82) is 0 Å². The number of alkyl carbamates (subject to hydrolysis) is 1. The highest BCUT2D eigenvalue weighted by Gasteiger charge is 2.42. The van der Waals surface area contributed by atoms with E-state index in [1.54, 1.807) is 65.8 Å². The number of rotatable bonds is 10. The minimum Gasteiger partial charge on any atom is -0.481 e. The van der Waals surface area contributed by atoms with E-state index in [2.05, 4.69) is 11.2 Å². The third-order valence-corrected chi connectivity index (χ3v) is 5.87. The standard InChI is InChI=1S/C30H41N3O9/c1-9-16-40-21-12-10-20(11-13-21)17-22(31-28(38)42-30(5,6)7)26(36)33-15-14-32(19-25(35)41-29(2,3)4)27(37)23(33)18-24(34)39-8/h1,10-13,22-23H,14-19H2,2-8H3,(H,31,38)/t22-,23-/m0/s1. The maximum atomic E-state index is 13.9. The van der Waals surface area contributed by atoms with Crippen LogP contribution in [0.4, 0.5) is 4.79 Å². The summed E-state index contributed by atoms with van der Waals surface area (Å²) in [5.41, 5.74) is -0.906. The molecule has 3 amide bonds. The zero-order valence-corrected chi connectivity index (χ0v) is 25.4. The molecule has 1 heterocycles. The van der Waals surface area contributed by atoms with Crippen molar-refractivity contribution >= 4 is 29.8 Å². The number of nitrogens with one attached hydrogen (secondary N) is 1. The minimum absolute atomic E-state index is 0.000394. The summed E-state index contributed by atoms with van der Waals surface area (Å²) < 4.78 is 20.9. The molecule has 2 atom stereocenters. The van der Waals surface area contributed by atoms with E-state index >= 15 is 0 Å². The smallest absolute Gasteiger partial charge is 0.408 e. The summed E-state index contributed by atoms with van der Waals surface area (Å²) in [6, 6.07) is 4.39. The van der Waals surface area contributed by atoms with Gasteiger partial charge >= 0.3 is 18.0 Å². The number of methoxy groups -OCH3 is 1. The molecule has 1 fully saturated rings. The maximum absolute atomic E-state index is 13.9. The van der Waals surface area contributed by atoms with E-state index in [-0.39, 0.29) is 32.7 Å². The molecule has 1 aliphatic rings. The van der Waals surface area contributed by atoms with Gasteiger partial charge in [-0.3, -0.25) is 19.2 Å². The van der Waals surface area contributed by atoms with Gasteiger partial charge in [-0.15, -0.1) is 6.42 Å². The van der Waals surface area contributed by atoms with Crippen molar-refractivity contribution in [3.8, 4) is 18.1 Å². The number of piperazine rings is 1. The normalized spacial score (nSPS) is 16.1. The van der Waals surface area contributed by atoms with Crippen molar-refractivity contribution in [2.24, 2.45) is 0 Å². The van der Waals surface area contributed by atoms with E-state index in [1.165, 1.54) is 16.9 Å². The topological polar surface area (TPSA) is 141 Å². The molecule has 42 heavy (non-hydrogen) atoms. The molecular formula is C30H41N3O9. The van der Waals surface area contributed by atoms with Gasteiger partial charge in [0.05, 0.1) is 13.5 Å². The summed E-state index contributed by atoms with van der Waals surface area (Å²) in [5.74, 6) is 0.357. The first-order valence-corrected chi connectivity index (χ1v) is 13.6. The van der Waals surface area contributed by atoms with Crippen LogP contribution in [0.25, 0.3) is 0 Å². The largest absolute Gasteiger partial charge is 0.481 e. The van der Waals surface area contributed by atoms with E-state index in [9.17, 15) is 24.0 Å². The van der Waals surface area contributed by atoms with Crippen LogP contribution in [0.5, 0.6) is 5.75 Å². The van der Waals surface area contributed by atoms with Gasteiger partial charge in [0.25, 0.3) is 0 Å². The van der Waals surface area contributed by atoms with Crippen LogP contribution < -0.4 is 10.1 Å². The lowest BCUT2D eigenvalue weighted by Gasteiger charge is -2.41. The van der Waals surface area contributed by atoms with Gasteiger partial charge in [0.15, 0.2) is 0 Å². The Kier molecular flexibility index (Phi) is 11.8. The predicted octanol–water partition coefficient (Wildman–Crippen LogP) is 2.08. The highest BCUT2D eigenvalue weighted by atomic mass is 16.6. The second kappa shape index (κ2) is 14.6. The van der Waals surface area contributed by atoms with E-state index in [1.807, 2.05) is 0 Å². The Labute approximate surface area is 247 Å². The number of esters is 2. The SMILES string of the molecule is C#CCOc1ccc(C[C@H](NC(=O)OC(C)(C)C)C(=O)N2CCN(CC(=O)OC(C)(C)C)C(=O)[C@@H]2CC(=O)OC)cc1. The van der Waals surface area contributed by atoms with Crippen LogP contribution in [0, 0.1) is 12.3 Å². The fraction of sp³-hybridized carbons (Fsp3) is 0.567. The molecular weight excluding hydrogens is 546 g/mol. The molecule has 230 valence electrons. The average Bonchev–Trinajstić information content (AvgIpc) is 2.87. The molecule has 1 aliphatic heterocycles. The third-order valence-electron chi connectivity index (χ3n) is 5.87. The number of hydrogen-bond donors (Lipinski definition) is 1. The number of carbonyl (C=O) groups is 5. The molecule has 0 aromatic heterocycles. The number of carbonyl (C=O) groups excluding carboxylic acids is 5. The molecule has 1 aromatic rings. The summed E-state index contributed by atoms with van der Waals surface area (Å²) in [5, 5.41) is 2.61. The van der Waals surface area contributed by atoms with Crippen LogP contribution in [-0.2, 0) is 39.8 Å². The fourth-order valence-electron chi connectivity index (χ4n) is 4.16. The van der Waals surface area contributed by atoms with Crippen LogP contribution in [-0.4, -0.2) is 96.3 Å². The van der Waals surface area contributed by atoms with Crippen LogP contribution in [0.15, 0.2) is 24.3 Å². The average molecular weight is 588 g/mol. The van der Waals surface area contributed by atoms with Gasteiger partial charge in [0, 0.05) is 19.5 Å². The monoisotopic (exact) mass is 587 g/mol. The molecule has 0 unspecified atom stereocenters. The Bertz CT molecular complexity index is 1180. The van der Waals surface area contributed by atoms with Gasteiger partial charge < -0.3 is 34.1 Å². The van der Waals surface area contributed by atoms with Gasteiger partial charge in [-0.25, -0.2) is 4.79 Å². The second-order valence-corrected chi connectivity index (χ2v) is 11.7. The summed E-state index contributed by atoms with van der Waals surface area (Å²) in [6.07, 6.45) is 4.02. The Hall–Kier alpha value is -4.27. The molecule has 1 saturated heterocycles. The third kappa shape index (κ3) is 11.0. The lowest BCUT2D eigenvalue weighted by Crippen LogP contribution is -2.63. The molecule has 0 saturated carbocycles. The first-order valence-electron chi connectivity index (χ1n) is 13.6. The molecule has 1 aromatic carbocycles. The van der Waals surface area contributed by atoms with E-state index < -0.39 is 59.6 Å².